The number of para-hydroxylation sites is 1. The Morgan fingerprint density at radius 2 is 1.85 bits per heavy atom. The van der Waals surface area contributed by atoms with Crippen LogP contribution in [0.2, 0.25) is 0 Å². The van der Waals surface area contributed by atoms with Gasteiger partial charge in [-0.2, -0.15) is 0 Å². The highest BCUT2D eigenvalue weighted by molar-refractivity contribution is 5.76. The zero-order chi connectivity index (χ0) is 14.4. The summed E-state index contributed by atoms with van der Waals surface area (Å²) >= 11 is 0. The second kappa shape index (κ2) is 6.85. The van der Waals surface area contributed by atoms with Gasteiger partial charge in [-0.1, -0.05) is 31.5 Å². The number of nitrogens with zero attached hydrogens (tertiary/aromatic N) is 1. The van der Waals surface area contributed by atoms with Gasteiger partial charge in [-0.25, -0.2) is 0 Å². The van der Waals surface area contributed by atoms with Gasteiger partial charge < -0.3 is 15.4 Å². The summed E-state index contributed by atoms with van der Waals surface area (Å²) in [6.07, 6.45) is 2.28. The van der Waals surface area contributed by atoms with Gasteiger partial charge in [0.05, 0.1) is 18.5 Å². The van der Waals surface area contributed by atoms with Crippen molar-refractivity contribution in [2.24, 2.45) is 0 Å². The highest BCUT2D eigenvalue weighted by atomic mass is 16.5. The van der Waals surface area contributed by atoms with Crippen molar-refractivity contribution in [2.75, 3.05) is 24.3 Å². The molecule has 2 aromatic carbocycles. The van der Waals surface area contributed by atoms with Gasteiger partial charge in [0, 0.05) is 18.3 Å². The zero-order valence-electron chi connectivity index (χ0n) is 12.2. The first kappa shape index (κ1) is 14.3. The molecule has 106 valence electrons. The number of unbranched alkanes of at least 4 members (excludes halogenated alkanes) is 1. The standard InChI is InChI=1S/C17H22N2O/c1-3-4-12-19(14-8-6-5-7-9-14)17-11-10-15(20-2)13-16(17)18/h5-11,13H,3-4,12,18H2,1-2H3. The minimum Gasteiger partial charge on any atom is -0.497 e. The second-order valence-corrected chi connectivity index (χ2v) is 4.77. The predicted molar refractivity (Wildman–Crippen MR) is 85.8 cm³/mol. The molecular formula is C17H22N2O. The van der Waals surface area contributed by atoms with E-state index in [1.165, 1.54) is 0 Å². The van der Waals surface area contributed by atoms with Crippen LogP contribution in [0, 0.1) is 0 Å². The Balaban J connectivity index is 2.36. The molecule has 0 unspecified atom stereocenters. The molecule has 0 fully saturated rings. The van der Waals surface area contributed by atoms with Crippen molar-refractivity contribution < 1.29 is 4.74 Å². The molecule has 0 amide bonds. The van der Waals surface area contributed by atoms with Crippen molar-refractivity contribution in [3.63, 3.8) is 0 Å². The number of anilines is 3. The van der Waals surface area contributed by atoms with Crippen molar-refractivity contribution in [3.8, 4) is 5.75 Å². The molecule has 3 nitrogen and oxygen atoms in total. The molecule has 0 aliphatic carbocycles. The van der Waals surface area contributed by atoms with Crippen LogP contribution in [0.15, 0.2) is 48.5 Å². The quantitative estimate of drug-likeness (QED) is 0.799. The highest BCUT2D eigenvalue weighted by Crippen LogP contribution is 2.33. The molecular weight excluding hydrogens is 248 g/mol. The minimum atomic E-state index is 0.740. The number of nitrogen functional groups attached to an aromatic ring is 1. The van der Waals surface area contributed by atoms with Gasteiger partial charge in [0.1, 0.15) is 5.75 Å². The Kier molecular flexibility index (Phi) is 4.88. The summed E-state index contributed by atoms with van der Waals surface area (Å²) < 4.78 is 5.22. The lowest BCUT2D eigenvalue weighted by Gasteiger charge is -2.26. The monoisotopic (exact) mass is 270 g/mol. The molecule has 0 radical (unpaired) electrons. The topological polar surface area (TPSA) is 38.5 Å². The first-order chi connectivity index (χ1) is 9.76. The maximum Gasteiger partial charge on any atom is 0.121 e. The predicted octanol–water partition coefficient (Wildman–Crippen LogP) is 4.22. The summed E-state index contributed by atoms with van der Waals surface area (Å²) in [6, 6.07) is 16.2. The summed E-state index contributed by atoms with van der Waals surface area (Å²) in [5, 5.41) is 0. The third-order valence-corrected chi connectivity index (χ3v) is 3.33. The molecule has 3 heteroatoms. The van der Waals surface area contributed by atoms with E-state index in [0.717, 1.165) is 42.2 Å². The van der Waals surface area contributed by atoms with Crippen molar-refractivity contribution >= 4 is 17.1 Å². The highest BCUT2D eigenvalue weighted by Gasteiger charge is 2.12. The number of rotatable bonds is 6. The van der Waals surface area contributed by atoms with Crippen LogP contribution in [0.25, 0.3) is 0 Å². The van der Waals surface area contributed by atoms with E-state index in [2.05, 4.69) is 24.0 Å². The number of benzene rings is 2. The maximum absolute atomic E-state index is 6.19. The van der Waals surface area contributed by atoms with Crippen LogP contribution in [0.1, 0.15) is 19.8 Å². The Hall–Kier alpha value is -2.16. The average Bonchev–Trinajstić information content (AvgIpc) is 2.50. The van der Waals surface area contributed by atoms with Gasteiger partial charge in [-0.15, -0.1) is 0 Å². The molecule has 2 N–H and O–H groups in total. The maximum atomic E-state index is 6.19. The third-order valence-electron chi connectivity index (χ3n) is 3.33. The van der Waals surface area contributed by atoms with Gasteiger partial charge in [0.25, 0.3) is 0 Å². The molecule has 0 atom stereocenters. The van der Waals surface area contributed by atoms with Crippen LogP contribution in [0.5, 0.6) is 5.75 Å². The Labute approximate surface area is 121 Å². The summed E-state index contributed by atoms with van der Waals surface area (Å²) in [4.78, 5) is 2.26. The second-order valence-electron chi connectivity index (χ2n) is 4.77. The van der Waals surface area contributed by atoms with Crippen molar-refractivity contribution in [3.05, 3.63) is 48.5 Å². The third kappa shape index (κ3) is 3.23. The smallest absolute Gasteiger partial charge is 0.121 e. The SMILES string of the molecule is CCCCN(c1ccccc1)c1ccc(OC)cc1N. The van der Waals surface area contributed by atoms with Crippen molar-refractivity contribution in [1.29, 1.82) is 0 Å². The van der Waals surface area contributed by atoms with Crippen LogP contribution in [-0.4, -0.2) is 13.7 Å². The minimum absolute atomic E-state index is 0.740. The summed E-state index contributed by atoms with van der Waals surface area (Å²) in [5.41, 5.74) is 9.12. The molecule has 2 rings (SSSR count). The van der Waals surface area contributed by atoms with E-state index in [1.807, 2.05) is 36.4 Å². The molecule has 0 aliphatic heterocycles. The zero-order valence-corrected chi connectivity index (χ0v) is 12.2. The number of ether oxygens (including phenoxy) is 1. The molecule has 0 saturated carbocycles. The van der Waals surface area contributed by atoms with E-state index in [1.54, 1.807) is 7.11 Å². The van der Waals surface area contributed by atoms with Gasteiger partial charge >= 0.3 is 0 Å². The van der Waals surface area contributed by atoms with Crippen LogP contribution in [-0.2, 0) is 0 Å². The van der Waals surface area contributed by atoms with E-state index in [4.69, 9.17) is 10.5 Å². The van der Waals surface area contributed by atoms with Crippen LogP contribution in [0.3, 0.4) is 0 Å². The first-order valence-corrected chi connectivity index (χ1v) is 7.02. The Morgan fingerprint density at radius 3 is 2.45 bits per heavy atom. The number of hydrogen-bond acceptors (Lipinski definition) is 3. The van der Waals surface area contributed by atoms with Crippen LogP contribution < -0.4 is 15.4 Å². The molecule has 0 aromatic heterocycles. The van der Waals surface area contributed by atoms with Gasteiger partial charge in [0.2, 0.25) is 0 Å². The fraction of sp³-hybridized carbons (Fsp3) is 0.294. The molecule has 0 spiro atoms. The molecule has 0 heterocycles. The van der Waals surface area contributed by atoms with Crippen LogP contribution in [0.4, 0.5) is 17.1 Å². The van der Waals surface area contributed by atoms with Gasteiger partial charge in [-0.05, 0) is 30.7 Å². The number of hydrogen-bond donors (Lipinski definition) is 1. The Bertz CT molecular complexity index is 540. The number of methoxy groups -OCH3 is 1. The van der Waals surface area contributed by atoms with E-state index in [9.17, 15) is 0 Å². The van der Waals surface area contributed by atoms with Crippen LogP contribution >= 0.6 is 0 Å². The lowest BCUT2D eigenvalue weighted by Crippen LogP contribution is -2.19. The summed E-state index contributed by atoms with van der Waals surface area (Å²) in [5.74, 6) is 0.787. The summed E-state index contributed by atoms with van der Waals surface area (Å²) in [6.45, 7) is 3.15. The lowest BCUT2D eigenvalue weighted by molar-refractivity contribution is 0.415. The van der Waals surface area contributed by atoms with Gasteiger partial charge in [-0.3, -0.25) is 0 Å². The first-order valence-electron chi connectivity index (χ1n) is 7.02. The molecule has 0 bridgehead atoms. The molecule has 0 aliphatic rings. The van der Waals surface area contributed by atoms with E-state index >= 15 is 0 Å². The van der Waals surface area contributed by atoms with E-state index in [0.29, 0.717) is 0 Å². The normalized spacial score (nSPS) is 10.3. The van der Waals surface area contributed by atoms with Crippen molar-refractivity contribution in [1.82, 2.24) is 0 Å². The fourth-order valence-electron chi connectivity index (χ4n) is 2.22. The fourth-order valence-corrected chi connectivity index (χ4v) is 2.22. The molecule has 0 saturated heterocycles. The summed E-state index contributed by atoms with van der Waals surface area (Å²) in [7, 11) is 1.65. The number of nitrogens with two attached hydrogens (primary N) is 1. The van der Waals surface area contributed by atoms with Crippen molar-refractivity contribution in [2.45, 2.75) is 19.8 Å². The molecule has 2 aromatic rings. The van der Waals surface area contributed by atoms with E-state index < -0.39 is 0 Å². The molecule has 20 heavy (non-hydrogen) atoms. The Morgan fingerprint density at radius 1 is 1.10 bits per heavy atom. The average molecular weight is 270 g/mol. The van der Waals surface area contributed by atoms with Gasteiger partial charge in [0.15, 0.2) is 0 Å². The van der Waals surface area contributed by atoms with E-state index in [-0.39, 0.29) is 0 Å². The largest absolute Gasteiger partial charge is 0.497 e. The lowest BCUT2D eigenvalue weighted by atomic mass is 10.2.